The lowest BCUT2D eigenvalue weighted by Gasteiger charge is -2.28. The normalized spacial score (nSPS) is 13.6. The SMILES string of the molecule is Cc1c(NC(=O)C(C)NC(=O)Nc2ccccc2)cccc1C(=O)N1CCc2sccc2C1. The second-order valence-electron chi connectivity index (χ2n) is 8.00. The highest BCUT2D eigenvalue weighted by Gasteiger charge is 2.25. The number of rotatable bonds is 5. The zero-order chi connectivity index (χ0) is 23.4. The van der Waals surface area contributed by atoms with Crippen molar-refractivity contribution in [2.75, 3.05) is 17.2 Å². The van der Waals surface area contributed by atoms with E-state index in [0.717, 1.165) is 6.42 Å². The third-order valence-electron chi connectivity index (χ3n) is 5.69. The van der Waals surface area contributed by atoms with Crippen LogP contribution in [0.3, 0.4) is 0 Å². The second-order valence-corrected chi connectivity index (χ2v) is 9.00. The zero-order valence-electron chi connectivity index (χ0n) is 18.6. The van der Waals surface area contributed by atoms with Gasteiger partial charge in [-0.05, 0) is 67.1 Å². The number of carbonyl (C=O) groups excluding carboxylic acids is 3. The van der Waals surface area contributed by atoms with E-state index in [1.807, 2.05) is 30.0 Å². The number of nitrogens with zero attached hydrogens (tertiary/aromatic N) is 1. The molecule has 1 atom stereocenters. The lowest BCUT2D eigenvalue weighted by molar-refractivity contribution is -0.117. The van der Waals surface area contributed by atoms with Crippen molar-refractivity contribution in [3.8, 4) is 0 Å². The molecule has 33 heavy (non-hydrogen) atoms. The van der Waals surface area contributed by atoms with Crippen LogP contribution in [0, 0.1) is 6.92 Å². The summed E-state index contributed by atoms with van der Waals surface area (Å²) in [5, 5.41) is 10.2. The Kier molecular flexibility index (Phi) is 6.74. The molecule has 0 fully saturated rings. The van der Waals surface area contributed by atoms with Crippen LogP contribution in [0.25, 0.3) is 0 Å². The van der Waals surface area contributed by atoms with E-state index in [1.165, 1.54) is 10.4 Å². The fourth-order valence-corrected chi connectivity index (χ4v) is 4.68. The van der Waals surface area contributed by atoms with Crippen molar-refractivity contribution >= 4 is 40.6 Å². The molecule has 8 heteroatoms. The number of nitrogens with one attached hydrogen (secondary N) is 3. The van der Waals surface area contributed by atoms with E-state index in [1.54, 1.807) is 48.6 Å². The van der Waals surface area contributed by atoms with Crippen LogP contribution < -0.4 is 16.0 Å². The second kappa shape index (κ2) is 9.87. The molecule has 0 aliphatic carbocycles. The summed E-state index contributed by atoms with van der Waals surface area (Å²) in [6.07, 6.45) is 0.864. The van der Waals surface area contributed by atoms with Crippen LogP contribution in [0.1, 0.15) is 33.3 Å². The maximum Gasteiger partial charge on any atom is 0.319 e. The Morgan fingerprint density at radius 2 is 1.79 bits per heavy atom. The summed E-state index contributed by atoms with van der Waals surface area (Å²) >= 11 is 1.73. The molecule has 3 aromatic rings. The van der Waals surface area contributed by atoms with E-state index in [-0.39, 0.29) is 11.8 Å². The molecule has 7 nitrogen and oxygen atoms in total. The summed E-state index contributed by atoms with van der Waals surface area (Å²) in [6, 6.07) is 15.1. The van der Waals surface area contributed by atoms with Gasteiger partial charge in [-0.15, -0.1) is 11.3 Å². The number of urea groups is 1. The molecule has 0 saturated heterocycles. The molecule has 1 unspecified atom stereocenters. The minimum atomic E-state index is -0.772. The van der Waals surface area contributed by atoms with E-state index in [9.17, 15) is 14.4 Å². The van der Waals surface area contributed by atoms with Crippen LogP contribution in [0.15, 0.2) is 60.0 Å². The van der Waals surface area contributed by atoms with Crippen LogP contribution in [0.2, 0.25) is 0 Å². The molecule has 0 bridgehead atoms. The maximum absolute atomic E-state index is 13.2. The van der Waals surface area contributed by atoms with Gasteiger partial charge in [0, 0.05) is 34.9 Å². The van der Waals surface area contributed by atoms with Gasteiger partial charge in [0.05, 0.1) is 0 Å². The van der Waals surface area contributed by atoms with Crippen molar-refractivity contribution in [2.24, 2.45) is 0 Å². The summed E-state index contributed by atoms with van der Waals surface area (Å²) < 4.78 is 0. The van der Waals surface area contributed by atoms with Crippen molar-refractivity contribution < 1.29 is 14.4 Å². The number of thiophene rings is 1. The van der Waals surface area contributed by atoms with Crippen molar-refractivity contribution in [1.82, 2.24) is 10.2 Å². The van der Waals surface area contributed by atoms with Crippen molar-refractivity contribution in [2.45, 2.75) is 32.9 Å². The van der Waals surface area contributed by atoms with Gasteiger partial charge in [0.1, 0.15) is 6.04 Å². The van der Waals surface area contributed by atoms with Gasteiger partial charge in [0.15, 0.2) is 0 Å². The molecule has 1 aliphatic rings. The smallest absolute Gasteiger partial charge is 0.319 e. The number of anilines is 2. The van der Waals surface area contributed by atoms with E-state index < -0.39 is 12.1 Å². The van der Waals surface area contributed by atoms with Crippen molar-refractivity contribution in [3.63, 3.8) is 0 Å². The van der Waals surface area contributed by atoms with Crippen LogP contribution in [-0.2, 0) is 17.8 Å². The summed E-state index contributed by atoms with van der Waals surface area (Å²) in [7, 11) is 0. The molecule has 4 amide bonds. The number of benzene rings is 2. The predicted octanol–water partition coefficient (Wildman–Crippen LogP) is 4.40. The molecule has 2 heterocycles. The number of carbonyl (C=O) groups is 3. The molecule has 1 aliphatic heterocycles. The summed E-state index contributed by atoms with van der Waals surface area (Å²) in [6.45, 7) is 4.71. The summed E-state index contributed by atoms with van der Waals surface area (Å²) in [5.74, 6) is -0.416. The topological polar surface area (TPSA) is 90.5 Å². The molecular formula is C25H26N4O3S. The Labute approximate surface area is 196 Å². The first-order valence-electron chi connectivity index (χ1n) is 10.8. The number of hydrogen-bond acceptors (Lipinski definition) is 4. The zero-order valence-corrected chi connectivity index (χ0v) is 19.4. The molecule has 3 N–H and O–H groups in total. The van der Waals surface area contributed by atoms with E-state index in [4.69, 9.17) is 0 Å². The molecule has 0 spiro atoms. The monoisotopic (exact) mass is 462 g/mol. The number of para-hydroxylation sites is 1. The fraction of sp³-hybridized carbons (Fsp3) is 0.240. The average molecular weight is 463 g/mol. The molecule has 0 saturated carbocycles. The Bertz CT molecular complexity index is 1180. The predicted molar refractivity (Wildman–Crippen MR) is 131 cm³/mol. The molecule has 170 valence electrons. The van der Waals surface area contributed by atoms with Gasteiger partial charge in [-0.25, -0.2) is 4.79 Å². The van der Waals surface area contributed by atoms with Gasteiger partial charge in [-0.2, -0.15) is 0 Å². The Balaban J connectivity index is 1.39. The fourth-order valence-electron chi connectivity index (χ4n) is 3.79. The lowest BCUT2D eigenvalue weighted by atomic mass is 10.0. The van der Waals surface area contributed by atoms with Crippen LogP contribution in [0.5, 0.6) is 0 Å². The quantitative estimate of drug-likeness (QED) is 0.525. The first kappa shape index (κ1) is 22.5. The van der Waals surface area contributed by atoms with Gasteiger partial charge in [0.2, 0.25) is 5.91 Å². The minimum Gasteiger partial charge on any atom is -0.334 e. The summed E-state index contributed by atoms with van der Waals surface area (Å²) in [5.41, 5.74) is 3.66. The van der Waals surface area contributed by atoms with Crippen molar-refractivity contribution in [3.05, 3.63) is 81.5 Å². The number of hydrogen-bond donors (Lipinski definition) is 3. The minimum absolute atomic E-state index is 0.0474. The standard InChI is InChI=1S/C25H26N4O3S/c1-16-20(24(31)29-13-11-22-18(15-29)12-14-33-22)9-6-10-21(16)28-23(30)17(2)26-25(32)27-19-7-4-3-5-8-19/h3-10,12,14,17H,11,13,15H2,1-2H3,(H,28,30)(H2,26,27,32). The van der Waals surface area contributed by atoms with Crippen molar-refractivity contribution in [1.29, 1.82) is 0 Å². The Morgan fingerprint density at radius 3 is 2.58 bits per heavy atom. The van der Waals surface area contributed by atoms with E-state index >= 15 is 0 Å². The number of fused-ring (bicyclic) bond motifs is 1. The largest absolute Gasteiger partial charge is 0.334 e. The van der Waals surface area contributed by atoms with Gasteiger partial charge in [0.25, 0.3) is 5.91 Å². The highest BCUT2D eigenvalue weighted by atomic mass is 32.1. The molecule has 2 aromatic carbocycles. The van der Waals surface area contributed by atoms with Crippen LogP contribution in [-0.4, -0.2) is 35.3 Å². The first-order valence-corrected chi connectivity index (χ1v) is 11.7. The molecule has 4 rings (SSSR count). The highest BCUT2D eigenvalue weighted by Crippen LogP contribution is 2.27. The summed E-state index contributed by atoms with van der Waals surface area (Å²) in [4.78, 5) is 41.3. The molecule has 0 radical (unpaired) electrons. The first-order chi connectivity index (χ1) is 15.9. The van der Waals surface area contributed by atoms with Crippen LogP contribution >= 0.6 is 11.3 Å². The number of amides is 4. The van der Waals surface area contributed by atoms with E-state index in [0.29, 0.717) is 35.6 Å². The maximum atomic E-state index is 13.2. The Hall–Kier alpha value is -3.65. The molecule has 1 aromatic heterocycles. The lowest BCUT2D eigenvalue weighted by Crippen LogP contribution is -2.43. The third-order valence-corrected chi connectivity index (χ3v) is 6.71. The van der Waals surface area contributed by atoms with Crippen LogP contribution in [0.4, 0.5) is 16.2 Å². The average Bonchev–Trinajstić information content (AvgIpc) is 3.28. The van der Waals surface area contributed by atoms with Gasteiger partial charge in [-0.1, -0.05) is 24.3 Å². The molecular weight excluding hydrogens is 436 g/mol. The van der Waals surface area contributed by atoms with E-state index in [2.05, 4.69) is 27.4 Å². The third kappa shape index (κ3) is 5.23. The highest BCUT2D eigenvalue weighted by molar-refractivity contribution is 7.10. The van der Waals surface area contributed by atoms with Gasteiger partial charge >= 0.3 is 6.03 Å². The van der Waals surface area contributed by atoms with Gasteiger partial charge < -0.3 is 20.9 Å². The Morgan fingerprint density at radius 1 is 1.00 bits per heavy atom. The van der Waals surface area contributed by atoms with Gasteiger partial charge in [-0.3, -0.25) is 9.59 Å².